The summed E-state index contributed by atoms with van der Waals surface area (Å²) in [5.74, 6) is 0.828. The first-order valence-electron chi connectivity index (χ1n) is 10.1. The lowest BCUT2D eigenvalue weighted by atomic mass is 10.0. The van der Waals surface area contributed by atoms with Crippen LogP contribution < -0.4 is 5.73 Å². The lowest BCUT2D eigenvalue weighted by Crippen LogP contribution is -2.40. The molecule has 4 rings (SSSR count). The number of nitrogens with zero attached hydrogens (tertiary/aromatic N) is 4. The summed E-state index contributed by atoms with van der Waals surface area (Å²) in [5, 5.41) is 8.22. The Morgan fingerprint density at radius 2 is 2.00 bits per heavy atom. The van der Waals surface area contributed by atoms with E-state index in [4.69, 9.17) is 10.3 Å². The molecular formula is C22H25N5O3. The zero-order valence-electron chi connectivity index (χ0n) is 17.2. The van der Waals surface area contributed by atoms with Crippen molar-refractivity contribution in [3.63, 3.8) is 0 Å². The number of carbonyl (C=O) groups is 2. The molecule has 3 heterocycles. The second-order valence-corrected chi connectivity index (χ2v) is 7.60. The van der Waals surface area contributed by atoms with Gasteiger partial charge in [0.2, 0.25) is 5.91 Å². The molecular weight excluding hydrogens is 382 g/mol. The summed E-state index contributed by atoms with van der Waals surface area (Å²) >= 11 is 0. The van der Waals surface area contributed by atoms with Gasteiger partial charge in [-0.3, -0.25) is 9.59 Å². The summed E-state index contributed by atoms with van der Waals surface area (Å²) in [6.45, 7) is 4.28. The van der Waals surface area contributed by atoms with Crippen molar-refractivity contribution in [1.29, 1.82) is 0 Å². The molecule has 1 fully saturated rings. The van der Waals surface area contributed by atoms with E-state index < -0.39 is 6.04 Å². The minimum atomic E-state index is -0.502. The van der Waals surface area contributed by atoms with Crippen LogP contribution in [-0.2, 0) is 11.2 Å². The van der Waals surface area contributed by atoms with Gasteiger partial charge >= 0.3 is 0 Å². The first-order valence-corrected chi connectivity index (χ1v) is 10.1. The van der Waals surface area contributed by atoms with Crippen molar-refractivity contribution >= 4 is 17.5 Å². The van der Waals surface area contributed by atoms with Crippen LogP contribution in [0, 0.1) is 13.8 Å². The van der Waals surface area contributed by atoms with E-state index in [1.807, 2.05) is 44.2 Å². The van der Waals surface area contributed by atoms with Crippen molar-refractivity contribution < 1.29 is 14.1 Å². The predicted octanol–water partition coefficient (Wildman–Crippen LogP) is 2.87. The molecule has 156 valence electrons. The molecule has 2 aromatic heterocycles. The number of likely N-dealkylation sites (tertiary alicyclic amines) is 1. The van der Waals surface area contributed by atoms with E-state index in [0.717, 1.165) is 29.1 Å². The summed E-state index contributed by atoms with van der Waals surface area (Å²) < 4.78 is 6.72. The molecule has 3 aromatic rings. The van der Waals surface area contributed by atoms with Crippen LogP contribution in [-0.4, -0.2) is 44.1 Å². The maximum absolute atomic E-state index is 13.2. The highest BCUT2D eigenvalue weighted by Gasteiger charge is 2.36. The Morgan fingerprint density at radius 1 is 1.23 bits per heavy atom. The molecule has 0 radical (unpaired) electrons. The van der Waals surface area contributed by atoms with Crippen LogP contribution in [0.5, 0.6) is 0 Å². The fourth-order valence-electron chi connectivity index (χ4n) is 4.07. The molecule has 1 aliphatic rings. The SMILES string of the molecule is Cc1noc(C)c1CCC(=O)N1CCCC1C(=O)c1cnn(-c2ccccc2)c1N. The monoisotopic (exact) mass is 407 g/mol. The molecule has 1 unspecified atom stereocenters. The number of benzene rings is 1. The molecule has 1 amide bonds. The van der Waals surface area contributed by atoms with Gasteiger partial charge in [0, 0.05) is 18.5 Å². The highest BCUT2D eigenvalue weighted by atomic mass is 16.5. The third kappa shape index (κ3) is 3.60. The van der Waals surface area contributed by atoms with Crippen molar-refractivity contribution in [3.8, 4) is 5.69 Å². The first-order chi connectivity index (χ1) is 14.5. The van der Waals surface area contributed by atoms with Crippen LogP contribution in [0.4, 0.5) is 5.82 Å². The number of rotatable bonds is 6. The van der Waals surface area contributed by atoms with Gasteiger partial charge in [0.25, 0.3) is 0 Å². The Labute approximate surface area is 174 Å². The van der Waals surface area contributed by atoms with Crippen molar-refractivity contribution in [1.82, 2.24) is 19.8 Å². The van der Waals surface area contributed by atoms with Crippen LogP contribution >= 0.6 is 0 Å². The summed E-state index contributed by atoms with van der Waals surface area (Å²) in [6.07, 6.45) is 3.78. The zero-order valence-corrected chi connectivity index (χ0v) is 17.2. The van der Waals surface area contributed by atoms with Gasteiger partial charge < -0.3 is 15.2 Å². The minimum absolute atomic E-state index is 0.0418. The molecule has 8 nitrogen and oxygen atoms in total. The highest BCUT2D eigenvalue weighted by Crippen LogP contribution is 2.26. The summed E-state index contributed by atoms with van der Waals surface area (Å²) in [4.78, 5) is 27.8. The van der Waals surface area contributed by atoms with E-state index in [9.17, 15) is 9.59 Å². The van der Waals surface area contributed by atoms with E-state index in [0.29, 0.717) is 37.2 Å². The van der Waals surface area contributed by atoms with Gasteiger partial charge in [-0.1, -0.05) is 23.4 Å². The second kappa shape index (κ2) is 8.14. The number of aryl methyl sites for hydroxylation is 2. The van der Waals surface area contributed by atoms with E-state index >= 15 is 0 Å². The number of nitrogens with two attached hydrogens (primary N) is 1. The number of nitrogen functional groups attached to an aromatic ring is 1. The smallest absolute Gasteiger partial charge is 0.223 e. The van der Waals surface area contributed by atoms with Crippen LogP contribution in [0.1, 0.15) is 46.6 Å². The molecule has 30 heavy (non-hydrogen) atoms. The first kappa shape index (κ1) is 19.9. The third-order valence-electron chi connectivity index (χ3n) is 5.72. The number of carbonyl (C=O) groups excluding carboxylic acids is 2. The van der Waals surface area contributed by atoms with Crippen molar-refractivity contribution in [3.05, 3.63) is 59.1 Å². The molecule has 0 bridgehead atoms. The number of Topliss-reactive ketones (excluding diaryl/α,β-unsaturated/α-hetero) is 1. The molecule has 0 aliphatic carbocycles. The molecule has 0 saturated carbocycles. The van der Waals surface area contributed by atoms with Gasteiger partial charge in [-0.2, -0.15) is 5.10 Å². The Kier molecular flexibility index (Phi) is 5.39. The fourth-order valence-corrected chi connectivity index (χ4v) is 4.07. The normalized spacial score (nSPS) is 16.2. The van der Waals surface area contributed by atoms with E-state index in [2.05, 4.69) is 10.3 Å². The average Bonchev–Trinajstić information content (AvgIpc) is 3.46. The second-order valence-electron chi connectivity index (χ2n) is 7.60. The van der Waals surface area contributed by atoms with E-state index in [1.165, 1.54) is 6.20 Å². The quantitative estimate of drug-likeness (QED) is 0.630. The van der Waals surface area contributed by atoms with Gasteiger partial charge in [-0.05, 0) is 45.2 Å². The van der Waals surface area contributed by atoms with Crippen molar-refractivity contribution in [2.45, 2.75) is 45.6 Å². The van der Waals surface area contributed by atoms with Crippen LogP contribution in [0.25, 0.3) is 5.69 Å². The van der Waals surface area contributed by atoms with Crippen LogP contribution in [0.2, 0.25) is 0 Å². The van der Waals surface area contributed by atoms with Gasteiger partial charge in [-0.25, -0.2) is 4.68 Å². The van der Waals surface area contributed by atoms with Crippen molar-refractivity contribution in [2.24, 2.45) is 0 Å². The van der Waals surface area contributed by atoms with Gasteiger partial charge in [0.1, 0.15) is 11.6 Å². The summed E-state index contributed by atoms with van der Waals surface area (Å²) in [6, 6.07) is 8.91. The van der Waals surface area contributed by atoms with E-state index in [1.54, 1.807) is 9.58 Å². The van der Waals surface area contributed by atoms with Crippen LogP contribution in [0.15, 0.2) is 41.1 Å². The number of aromatic nitrogens is 3. The van der Waals surface area contributed by atoms with Crippen molar-refractivity contribution in [2.75, 3.05) is 12.3 Å². The number of para-hydroxylation sites is 1. The molecule has 0 spiro atoms. The van der Waals surface area contributed by atoms with Gasteiger partial charge in [-0.15, -0.1) is 0 Å². The molecule has 1 saturated heterocycles. The number of anilines is 1. The average molecular weight is 407 g/mol. The fraction of sp³-hybridized carbons (Fsp3) is 0.364. The zero-order chi connectivity index (χ0) is 21.3. The minimum Gasteiger partial charge on any atom is -0.383 e. The van der Waals surface area contributed by atoms with E-state index in [-0.39, 0.29) is 11.7 Å². The standard InChI is InChI=1S/C22H25N5O3/c1-14-17(15(2)30-25-14)10-11-20(28)26-12-6-9-19(26)21(29)18-13-24-27(22(18)23)16-7-4-3-5-8-16/h3-5,7-8,13,19H,6,9-12,23H2,1-2H3. The maximum Gasteiger partial charge on any atom is 0.223 e. The van der Waals surface area contributed by atoms with Gasteiger partial charge in [0.05, 0.1) is 29.2 Å². The topological polar surface area (TPSA) is 107 Å². The molecule has 8 heteroatoms. The molecule has 1 aliphatic heterocycles. The number of hydrogen-bond acceptors (Lipinski definition) is 6. The molecule has 1 aromatic carbocycles. The third-order valence-corrected chi connectivity index (χ3v) is 5.72. The number of amides is 1. The highest BCUT2D eigenvalue weighted by molar-refractivity contribution is 6.05. The Hall–Kier alpha value is -3.42. The van der Waals surface area contributed by atoms with Crippen LogP contribution in [0.3, 0.4) is 0 Å². The Bertz CT molecular complexity index is 1050. The number of hydrogen-bond donors (Lipinski definition) is 1. The van der Waals surface area contributed by atoms with Gasteiger partial charge in [0.15, 0.2) is 5.78 Å². The summed E-state index contributed by atoms with van der Waals surface area (Å²) in [7, 11) is 0. The Morgan fingerprint density at radius 3 is 2.70 bits per heavy atom. The largest absolute Gasteiger partial charge is 0.383 e. The Balaban J connectivity index is 1.49. The maximum atomic E-state index is 13.2. The molecule has 2 N–H and O–H groups in total. The molecule has 1 atom stereocenters. The number of ketones is 1. The lowest BCUT2D eigenvalue weighted by Gasteiger charge is -2.23. The summed E-state index contributed by atoms with van der Waals surface area (Å²) in [5.41, 5.74) is 9.14. The predicted molar refractivity (Wildman–Crippen MR) is 111 cm³/mol. The lowest BCUT2D eigenvalue weighted by molar-refractivity contribution is -0.131.